The number of amides is 1. The van der Waals surface area contributed by atoms with Gasteiger partial charge in [0.05, 0.1) is 4.92 Å². The van der Waals surface area contributed by atoms with Gasteiger partial charge in [-0.05, 0) is 60.2 Å². The van der Waals surface area contributed by atoms with E-state index in [2.05, 4.69) is 5.32 Å². The lowest BCUT2D eigenvalue weighted by Crippen LogP contribution is -2.13. The number of nitriles is 1. The maximum Gasteiger partial charge on any atom is 0.269 e. The summed E-state index contributed by atoms with van der Waals surface area (Å²) in [7, 11) is 0. The zero-order valence-corrected chi connectivity index (χ0v) is 15.1. The normalized spacial score (nSPS) is 10.7. The van der Waals surface area contributed by atoms with Crippen molar-refractivity contribution in [3.05, 3.63) is 100 Å². The van der Waals surface area contributed by atoms with Crippen molar-refractivity contribution >= 4 is 23.4 Å². The zero-order chi connectivity index (χ0) is 20.6. The van der Waals surface area contributed by atoms with Crippen LogP contribution in [0.4, 0.5) is 11.4 Å². The van der Waals surface area contributed by atoms with Gasteiger partial charge in [-0.25, -0.2) is 0 Å². The number of carbonyl (C=O) groups is 1. The first-order valence-electron chi connectivity index (χ1n) is 8.56. The van der Waals surface area contributed by atoms with E-state index >= 15 is 0 Å². The summed E-state index contributed by atoms with van der Waals surface area (Å²) in [5.74, 6) is 0.723. The number of benzene rings is 3. The minimum atomic E-state index is -0.581. The molecule has 0 radical (unpaired) electrons. The quantitative estimate of drug-likeness (QED) is 0.280. The molecule has 0 aliphatic carbocycles. The molecule has 0 saturated carbocycles. The van der Waals surface area contributed by atoms with E-state index in [1.54, 1.807) is 24.3 Å². The van der Waals surface area contributed by atoms with Gasteiger partial charge in [0.2, 0.25) is 0 Å². The molecule has 7 nitrogen and oxygen atoms in total. The topological polar surface area (TPSA) is 105 Å². The smallest absolute Gasteiger partial charge is 0.269 e. The molecule has 29 heavy (non-hydrogen) atoms. The second-order valence-electron chi connectivity index (χ2n) is 5.91. The fourth-order valence-corrected chi connectivity index (χ4v) is 2.44. The van der Waals surface area contributed by atoms with Gasteiger partial charge in [-0.1, -0.05) is 18.2 Å². The number of nitrogens with zero attached hydrogens (tertiary/aromatic N) is 2. The number of nitrogens with one attached hydrogen (secondary N) is 1. The van der Waals surface area contributed by atoms with Gasteiger partial charge in [-0.3, -0.25) is 14.9 Å². The van der Waals surface area contributed by atoms with E-state index in [1.165, 1.54) is 30.3 Å². The van der Waals surface area contributed by atoms with E-state index in [0.29, 0.717) is 22.7 Å². The number of anilines is 1. The van der Waals surface area contributed by atoms with E-state index in [4.69, 9.17) is 4.74 Å². The summed E-state index contributed by atoms with van der Waals surface area (Å²) >= 11 is 0. The number of hydrogen-bond donors (Lipinski definition) is 1. The monoisotopic (exact) mass is 385 g/mol. The van der Waals surface area contributed by atoms with Crippen LogP contribution in [0.2, 0.25) is 0 Å². The van der Waals surface area contributed by atoms with Gasteiger partial charge in [0.1, 0.15) is 23.1 Å². The summed E-state index contributed by atoms with van der Waals surface area (Å²) < 4.78 is 5.69. The molecule has 0 aliphatic rings. The van der Waals surface area contributed by atoms with Crippen molar-refractivity contribution in [3.8, 4) is 17.6 Å². The summed E-state index contributed by atoms with van der Waals surface area (Å²) in [5.41, 5.74) is 0.820. The van der Waals surface area contributed by atoms with Crippen LogP contribution in [0.15, 0.2) is 84.4 Å². The minimum absolute atomic E-state index is 0.0667. The Kier molecular flexibility index (Phi) is 5.98. The Balaban J connectivity index is 1.67. The SMILES string of the molecule is N#C/C(=C\c1ccc([N+](=O)[O-])cc1)C(=O)Nc1ccc(Oc2ccccc2)cc1. The third kappa shape index (κ3) is 5.28. The maximum atomic E-state index is 12.4. The van der Waals surface area contributed by atoms with Crippen LogP contribution in [-0.4, -0.2) is 10.8 Å². The van der Waals surface area contributed by atoms with E-state index in [9.17, 15) is 20.2 Å². The van der Waals surface area contributed by atoms with Gasteiger partial charge in [0.25, 0.3) is 11.6 Å². The van der Waals surface area contributed by atoms with Crippen molar-refractivity contribution in [2.24, 2.45) is 0 Å². The molecule has 0 bridgehead atoms. The number of para-hydroxylation sites is 1. The number of rotatable bonds is 6. The van der Waals surface area contributed by atoms with Gasteiger partial charge < -0.3 is 10.1 Å². The van der Waals surface area contributed by atoms with E-state index in [1.807, 2.05) is 36.4 Å². The number of nitro benzene ring substituents is 1. The number of ether oxygens (including phenoxy) is 1. The highest BCUT2D eigenvalue weighted by Gasteiger charge is 2.11. The highest BCUT2D eigenvalue weighted by molar-refractivity contribution is 6.09. The molecule has 0 aromatic heterocycles. The molecule has 0 fully saturated rings. The predicted octanol–water partition coefficient (Wildman–Crippen LogP) is 4.93. The third-order valence-electron chi connectivity index (χ3n) is 3.87. The van der Waals surface area contributed by atoms with Gasteiger partial charge in [0, 0.05) is 17.8 Å². The Hall–Kier alpha value is -4.44. The lowest BCUT2D eigenvalue weighted by atomic mass is 10.1. The summed E-state index contributed by atoms with van der Waals surface area (Å²) in [5, 5.41) is 22.6. The van der Waals surface area contributed by atoms with Gasteiger partial charge in [-0.15, -0.1) is 0 Å². The largest absolute Gasteiger partial charge is 0.457 e. The molecule has 0 unspecified atom stereocenters. The van der Waals surface area contributed by atoms with Crippen LogP contribution >= 0.6 is 0 Å². The summed E-state index contributed by atoms with van der Waals surface area (Å²) in [4.78, 5) is 22.5. The Morgan fingerprint density at radius 2 is 1.59 bits per heavy atom. The van der Waals surface area contributed by atoms with Gasteiger partial charge in [-0.2, -0.15) is 5.26 Å². The molecule has 7 heteroatoms. The number of hydrogen-bond acceptors (Lipinski definition) is 5. The van der Waals surface area contributed by atoms with E-state index in [0.717, 1.165) is 0 Å². The molecule has 1 amide bonds. The third-order valence-corrected chi connectivity index (χ3v) is 3.87. The average molecular weight is 385 g/mol. The van der Waals surface area contributed by atoms with Crippen molar-refractivity contribution in [1.82, 2.24) is 0 Å². The predicted molar refractivity (Wildman–Crippen MR) is 108 cm³/mol. The first kappa shape index (κ1) is 19.3. The van der Waals surface area contributed by atoms with Crippen molar-refractivity contribution < 1.29 is 14.5 Å². The second-order valence-corrected chi connectivity index (χ2v) is 5.91. The first-order chi connectivity index (χ1) is 14.0. The van der Waals surface area contributed by atoms with Crippen molar-refractivity contribution in [2.75, 3.05) is 5.32 Å². The molecule has 3 aromatic rings. The molecule has 0 spiro atoms. The maximum absolute atomic E-state index is 12.4. The summed E-state index contributed by atoms with van der Waals surface area (Å²) in [6, 6.07) is 23.4. The fraction of sp³-hybridized carbons (Fsp3) is 0. The minimum Gasteiger partial charge on any atom is -0.457 e. The van der Waals surface area contributed by atoms with Crippen LogP contribution in [0.25, 0.3) is 6.08 Å². The summed E-state index contributed by atoms with van der Waals surface area (Å²) in [6.07, 6.45) is 1.37. The summed E-state index contributed by atoms with van der Waals surface area (Å²) in [6.45, 7) is 0. The highest BCUT2D eigenvalue weighted by Crippen LogP contribution is 2.23. The van der Waals surface area contributed by atoms with Crippen LogP contribution in [0.5, 0.6) is 11.5 Å². The van der Waals surface area contributed by atoms with Crippen LogP contribution in [0.1, 0.15) is 5.56 Å². The number of nitro groups is 1. The Morgan fingerprint density at radius 1 is 0.966 bits per heavy atom. The molecule has 3 rings (SSSR count). The Bertz CT molecular complexity index is 1080. The van der Waals surface area contributed by atoms with Crippen LogP contribution < -0.4 is 10.1 Å². The number of carbonyl (C=O) groups excluding carboxylic acids is 1. The van der Waals surface area contributed by atoms with Crippen molar-refractivity contribution in [3.63, 3.8) is 0 Å². The van der Waals surface area contributed by atoms with Crippen LogP contribution in [0, 0.1) is 21.4 Å². The fourth-order valence-electron chi connectivity index (χ4n) is 2.44. The zero-order valence-electron chi connectivity index (χ0n) is 15.1. The number of non-ortho nitro benzene ring substituents is 1. The van der Waals surface area contributed by atoms with Crippen LogP contribution in [-0.2, 0) is 4.79 Å². The Morgan fingerprint density at radius 3 is 2.17 bits per heavy atom. The lowest BCUT2D eigenvalue weighted by Gasteiger charge is -2.08. The molecular weight excluding hydrogens is 370 g/mol. The van der Waals surface area contributed by atoms with Gasteiger partial charge >= 0.3 is 0 Å². The molecule has 142 valence electrons. The molecule has 0 atom stereocenters. The van der Waals surface area contributed by atoms with E-state index < -0.39 is 10.8 Å². The molecule has 1 N–H and O–H groups in total. The van der Waals surface area contributed by atoms with Crippen molar-refractivity contribution in [2.45, 2.75) is 0 Å². The molecular formula is C22H15N3O4. The lowest BCUT2D eigenvalue weighted by molar-refractivity contribution is -0.384. The van der Waals surface area contributed by atoms with Crippen molar-refractivity contribution in [1.29, 1.82) is 5.26 Å². The molecule has 0 saturated heterocycles. The van der Waals surface area contributed by atoms with E-state index in [-0.39, 0.29) is 11.3 Å². The Labute approximate surface area is 166 Å². The highest BCUT2D eigenvalue weighted by atomic mass is 16.6. The average Bonchev–Trinajstić information content (AvgIpc) is 2.74. The standard InChI is InChI=1S/C22H15N3O4/c23-15-17(14-16-6-10-19(11-7-16)25(27)28)22(26)24-18-8-12-21(13-9-18)29-20-4-2-1-3-5-20/h1-14H,(H,24,26)/b17-14+. The molecule has 0 aliphatic heterocycles. The molecule has 0 heterocycles. The molecule has 3 aromatic carbocycles. The second kappa shape index (κ2) is 8.97. The first-order valence-corrected chi connectivity index (χ1v) is 8.56. The van der Waals surface area contributed by atoms with Gasteiger partial charge in [0.15, 0.2) is 0 Å². The van der Waals surface area contributed by atoms with Crippen LogP contribution in [0.3, 0.4) is 0 Å².